The van der Waals surface area contributed by atoms with Crippen LogP contribution in [0.5, 0.6) is 11.5 Å². The van der Waals surface area contributed by atoms with Crippen molar-refractivity contribution >= 4 is 41.1 Å². The van der Waals surface area contributed by atoms with Crippen LogP contribution in [0.25, 0.3) is 22.0 Å². The number of carbonyl (C=O) groups excluding carboxylic acids is 1. The van der Waals surface area contributed by atoms with Crippen LogP contribution >= 0.6 is 12.4 Å². The van der Waals surface area contributed by atoms with Crippen LogP contribution < -0.4 is 20.1 Å². The zero-order chi connectivity index (χ0) is 26.1. The predicted octanol–water partition coefficient (Wildman–Crippen LogP) is 1.99. The van der Waals surface area contributed by atoms with Crippen molar-refractivity contribution in [3.8, 4) is 22.6 Å². The maximum Gasteiger partial charge on any atom is 0.320 e. The third kappa shape index (κ3) is 5.09. The van der Waals surface area contributed by atoms with Crippen LogP contribution in [-0.2, 0) is 0 Å². The molecular weight excluding hydrogens is 512 g/mol. The first-order chi connectivity index (χ1) is 17.9. The molecule has 4 N–H and O–H groups in total. The molecule has 2 amide bonds. The highest BCUT2D eigenvalue weighted by Gasteiger charge is 2.35. The number of nitrogens with two attached hydrogens (primary N) is 1. The van der Waals surface area contributed by atoms with Crippen molar-refractivity contribution in [2.75, 3.05) is 64.1 Å². The van der Waals surface area contributed by atoms with Crippen LogP contribution in [0.4, 0.5) is 16.6 Å². The second-order valence-electron chi connectivity index (χ2n) is 9.31. The molecule has 2 fully saturated rings. The molecule has 0 radical (unpaired) electrons. The number of β-amino-alcohol motifs (C(OH)–C–C–N with tert-alkyl or cyclic N) is 2. The average molecular weight is 545 g/mol. The SMILES string of the molecule is COc1cc2nc(N3CCCN(C(=O)N4C[C@H](O)[C@@H](O)C4)CC3)nc(N)c2c(-c2ccccc2)c1OC.Cl. The van der Waals surface area contributed by atoms with Gasteiger partial charge in [-0.15, -0.1) is 12.4 Å². The number of aliphatic hydroxyl groups excluding tert-OH is 2. The minimum Gasteiger partial charge on any atom is -0.493 e. The molecule has 38 heavy (non-hydrogen) atoms. The van der Waals surface area contributed by atoms with Gasteiger partial charge in [0, 0.05) is 37.8 Å². The second-order valence-corrected chi connectivity index (χ2v) is 9.31. The molecule has 204 valence electrons. The predicted molar refractivity (Wildman–Crippen MR) is 147 cm³/mol. The summed E-state index contributed by atoms with van der Waals surface area (Å²) in [5.41, 5.74) is 8.86. The fourth-order valence-corrected chi connectivity index (χ4v) is 5.08. The number of aromatic nitrogens is 2. The van der Waals surface area contributed by atoms with Crippen molar-refractivity contribution in [3.63, 3.8) is 0 Å². The smallest absolute Gasteiger partial charge is 0.320 e. The third-order valence-corrected chi connectivity index (χ3v) is 6.99. The number of nitrogen functional groups attached to an aromatic ring is 1. The first-order valence-electron chi connectivity index (χ1n) is 12.3. The van der Waals surface area contributed by atoms with Crippen molar-refractivity contribution in [1.82, 2.24) is 19.8 Å². The Labute approximate surface area is 227 Å². The fraction of sp³-hybridized carbons (Fsp3) is 0.423. The summed E-state index contributed by atoms with van der Waals surface area (Å²) < 4.78 is 11.4. The highest BCUT2D eigenvalue weighted by molar-refractivity contribution is 6.05. The zero-order valence-electron chi connectivity index (χ0n) is 21.4. The van der Waals surface area contributed by atoms with Gasteiger partial charge < -0.3 is 40.1 Å². The Bertz CT molecular complexity index is 1290. The van der Waals surface area contributed by atoms with Gasteiger partial charge in [-0.2, -0.15) is 4.98 Å². The molecule has 2 aliphatic heterocycles. The Kier molecular flexibility index (Phi) is 8.29. The molecule has 2 aliphatic rings. The number of hydrogen-bond acceptors (Lipinski definition) is 9. The molecule has 5 rings (SSSR count). The summed E-state index contributed by atoms with van der Waals surface area (Å²) in [6.07, 6.45) is -1.09. The van der Waals surface area contributed by atoms with E-state index in [4.69, 9.17) is 20.2 Å². The summed E-state index contributed by atoms with van der Waals surface area (Å²) >= 11 is 0. The van der Waals surface area contributed by atoms with Crippen molar-refractivity contribution in [3.05, 3.63) is 36.4 Å². The third-order valence-electron chi connectivity index (χ3n) is 6.99. The van der Waals surface area contributed by atoms with Gasteiger partial charge in [0.25, 0.3) is 0 Å². The quantitative estimate of drug-likeness (QED) is 0.450. The van der Waals surface area contributed by atoms with Crippen molar-refractivity contribution in [1.29, 1.82) is 0 Å². The summed E-state index contributed by atoms with van der Waals surface area (Å²) in [5, 5.41) is 20.3. The molecule has 0 unspecified atom stereocenters. The van der Waals surface area contributed by atoms with Gasteiger partial charge in [0.2, 0.25) is 5.95 Å². The van der Waals surface area contributed by atoms with Gasteiger partial charge >= 0.3 is 6.03 Å². The van der Waals surface area contributed by atoms with Crippen LogP contribution in [-0.4, -0.2) is 102 Å². The lowest BCUT2D eigenvalue weighted by atomic mass is 9.99. The molecule has 0 bridgehead atoms. The van der Waals surface area contributed by atoms with E-state index in [1.54, 1.807) is 25.2 Å². The molecule has 2 atom stereocenters. The van der Waals surface area contributed by atoms with Gasteiger partial charge in [-0.05, 0) is 12.0 Å². The molecular formula is C26H33ClN6O5. The maximum atomic E-state index is 13.0. The number of amides is 2. The topological polar surface area (TPSA) is 138 Å². The Morgan fingerprint density at radius 3 is 2.34 bits per heavy atom. The van der Waals surface area contributed by atoms with Crippen LogP contribution in [0, 0.1) is 0 Å². The largest absolute Gasteiger partial charge is 0.493 e. The minimum absolute atomic E-state index is 0. The number of anilines is 2. The van der Waals surface area contributed by atoms with Gasteiger partial charge in [-0.25, -0.2) is 9.78 Å². The minimum atomic E-state index is -0.905. The standard InChI is InChI=1S/C26H32N6O5.ClH/c1-36-20-13-17-22(21(23(20)37-2)16-7-4-3-5-8-16)24(27)29-25(28-17)30-9-6-10-31(12-11-30)26(35)32-14-18(33)19(34)15-32;/h3-5,7-8,13,18-19,33-34H,6,9-12,14-15H2,1-2H3,(H2,27,28,29);1H/t18-,19-;/m0./s1. The van der Waals surface area contributed by atoms with E-state index < -0.39 is 12.2 Å². The number of hydrogen-bond donors (Lipinski definition) is 3. The number of rotatable bonds is 4. The summed E-state index contributed by atoms with van der Waals surface area (Å²) in [7, 11) is 3.18. The molecule has 0 aliphatic carbocycles. The lowest BCUT2D eigenvalue weighted by Gasteiger charge is -2.27. The van der Waals surface area contributed by atoms with E-state index in [0.29, 0.717) is 66.8 Å². The molecule has 2 aromatic carbocycles. The van der Waals surface area contributed by atoms with Gasteiger partial charge in [0.1, 0.15) is 5.82 Å². The summed E-state index contributed by atoms with van der Waals surface area (Å²) in [5.74, 6) is 1.92. The van der Waals surface area contributed by atoms with Crippen LogP contribution in [0.1, 0.15) is 6.42 Å². The summed E-state index contributed by atoms with van der Waals surface area (Å²) in [6, 6.07) is 11.4. The first-order valence-corrected chi connectivity index (χ1v) is 12.3. The number of nitrogens with zero attached hydrogens (tertiary/aromatic N) is 5. The molecule has 3 aromatic rings. The van der Waals surface area contributed by atoms with E-state index in [-0.39, 0.29) is 31.5 Å². The number of benzene rings is 2. The van der Waals surface area contributed by atoms with E-state index in [2.05, 4.69) is 4.98 Å². The summed E-state index contributed by atoms with van der Waals surface area (Å²) in [4.78, 5) is 27.7. The van der Waals surface area contributed by atoms with E-state index in [0.717, 1.165) is 11.1 Å². The van der Waals surface area contributed by atoms with E-state index in [1.165, 1.54) is 4.90 Å². The van der Waals surface area contributed by atoms with Crippen LogP contribution in [0.2, 0.25) is 0 Å². The zero-order valence-corrected chi connectivity index (χ0v) is 22.2. The van der Waals surface area contributed by atoms with Crippen molar-refractivity contribution < 1.29 is 24.5 Å². The lowest BCUT2D eigenvalue weighted by molar-refractivity contribution is 0.0572. The monoisotopic (exact) mass is 544 g/mol. The van der Waals surface area contributed by atoms with Crippen LogP contribution in [0.3, 0.4) is 0 Å². The fourth-order valence-electron chi connectivity index (χ4n) is 5.08. The number of ether oxygens (including phenoxy) is 2. The van der Waals surface area contributed by atoms with E-state index in [9.17, 15) is 15.0 Å². The number of urea groups is 1. The van der Waals surface area contributed by atoms with Gasteiger partial charge in [-0.3, -0.25) is 0 Å². The molecule has 1 aromatic heterocycles. The van der Waals surface area contributed by atoms with Crippen molar-refractivity contribution in [2.45, 2.75) is 18.6 Å². The Hall–Kier alpha value is -3.54. The highest BCUT2D eigenvalue weighted by Crippen LogP contribution is 2.45. The molecule has 12 heteroatoms. The Balaban J connectivity index is 0.00000336. The number of halogens is 1. The Morgan fingerprint density at radius 2 is 1.68 bits per heavy atom. The number of aliphatic hydroxyl groups is 2. The summed E-state index contributed by atoms with van der Waals surface area (Å²) in [6.45, 7) is 2.47. The van der Waals surface area contributed by atoms with Gasteiger partial charge in [0.05, 0.1) is 50.4 Å². The van der Waals surface area contributed by atoms with E-state index >= 15 is 0 Å². The molecule has 0 spiro atoms. The van der Waals surface area contributed by atoms with Crippen LogP contribution in [0.15, 0.2) is 36.4 Å². The number of fused-ring (bicyclic) bond motifs is 1. The van der Waals surface area contributed by atoms with Gasteiger partial charge in [0.15, 0.2) is 11.5 Å². The van der Waals surface area contributed by atoms with E-state index in [1.807, 2.05) is 35.2 Å². The van der Waals surface area contributed by atoms with Crippen molar-refractivity contribution in [2.24, 2.45) is 0 Å². The Morgan fingerprint density at radius 1 is 0.974 bits per heavy atom. The molecule has 0 saturated carbocycles. The molecule has 3 heterocycles. The normalized spacial score (nSPS) is 19.7. The molecule has 2 saturated heterocycles. The number of carbonyl (C=O) groups is 1. The average Bonchev–Trinajstić information content (AvgIpc) is 3.09. The second kappa shape index (κ2) is 11.5. The lowest BCUT2D eigenvalue weighted by Crippen LogP contribution is -2.44. The number of methoxy groups -OCH3 is 2. The first kappa shape index (κ1) is 27.5. The maximum absolute atomic E-state index is 13.0. The number of likely N-dealkylation sites (tertiary alicyclic amines) is 1. The molecule has 11 nitrogen and oxygen atoms in total. The van der Waals surface area contributed by atoms with Gasteiger partial charge in [-0.1, -0.05) is 30.3 Å². The highest BCUT2D eigenvalue weighted by atomic mass is 35.5.